The van der Waals surface area contributed by atoms with Crippen molar-refractivity contribution in [2.45, 2.75) is 6.54 Å². The van der Waals surface area contributed by atoms with Crippen LogP contribution in [0.5, 0.6) is 11.5 Å². The molecule has 0 saturated heterocycles. The third-order valence-corrected chi connectivity index (χ3v) is 4.11. The molecule has 0 fully saturated rings. The van der Waals surface area contributed by atoms with Crippen LogP contribution in [-0.2, 0) is 6.54 Å². The van der Waals surface area contributed by atoms with Crippen molar-refractivity contribution in [3.63, 3.8) is 0 Å². The quantitative estimate of drug-likeness (QED) is 0.760. The molecule has 1 heterocycles. The SMILES string of the molecule is COc1ccc(CN(C)C(=O)c2n[nH]c(=O)c3ccccc23)cc1OC. The third-order valence-electron chi connectivity index (χ3n) is 4.11. The molecular weight excluding hydrogens is 334 g/mol. The lowest BCUT2D eigenvalue weighted by molar-refractivity contribution is 0.0780. The van der Waals surface area contributed by atoms with Crippen molar-refractivity contribution in [2.75, 3.05) is 21.3 Å². The molecule has 0 radical (unpaired) electrons. The standard InChI is InChI=1S/C19H19N3O4/c1-22(11-12-8-9-15(25-2)16(10-12)26-3)19(24)17-13-6-4-5-7-14(13)18(23)21-20-17/h4-10H,11H2,1-3H3,(H,21,23). The van der Waals surface area contributed by atoms with Crippen molar-refractivity contribution < 1.29 is 14.3 Å². The highest BCUT2D eigenvalue weighted by molar-refractivity contribution is 6.04. The molecule has 0 aliphatic rings. The Morgan fingerprint density at radius 2 is 1.77 bits per heavy atom. The van der Waals surface area contributed by atoms with Crippen LogP contribution in [0.15, 0.2) is 47.3 Å². The number of rotatable bonds is 5. The van der Waals surface area contributed by atoms with Crippen LogP contribution in [0.2, 0.25) is 0 Å². The van der Waals surface area contributed by atoms with Crippen LogP contribution in [0.3, 0.4) is 0 Å². The van der Waals surface area contributed by atoms with Gasteiger partial charge < -0.3 is 14.4 Å². The van der Waals surface area contributed by atoms with Gasteiger partial charge in [0, 0.05) is 19.0 Å². The fourth-order valence-electron chi connectivity index (χ4n) is 2.78. The highest BCUT2D eigenvalue weighted by Crippen LogP contribution is 2.28. The van der Waals surface area contributed by atoms with Crippen LogP contribution in [0.1, 0.15) is 16.1 Å². The Morgan fingerprint density at radius 3 is 2.46 bits per heavy atom. The molecule has 0 bridgehead atoms. The van der Waals surface area contributed by atoms with Crippen molar-refractivity contribution >= 4 is 16.7 Å². The van der Waals surface area contributed by atoms with Crippen molar-refractivity contribution in [1.29, 1.82) is 0 Å². The molecule has 134 valence electrons. The number of nitrogens with one attached hydrogen (secondary N) is 1. The number of hydrogen-bond donors (Lipinski definition) is 1. The van der Waals surface area contributed by atoms with Crippen LogP contribution < -0.4 is 15.0 Å². The van der Waals surface area contributed by atoms with E-state index in [9.17, 15) is 9.59 Å². The first kappa shape index (κ1) is 17.5. The lowest BCUT2D eigenvalue weighted by atomic mass is 10.1. The zero-order valence-corrected chi connectivity index (χ0v) is 14.8. The van der Waals surface area contributed by atoms with Crippen molar-refractivity contribution in [2.24, 2.45) is 0 Å². The minimum absolute atomic E-state index is 0.211. The van der Waals surface area contributed by atoms with Gasteiger partial charge in [-0.3, -0.25) is 9.59 Å². The summed E-state index contributed by atoms with van der Waals surface area (Å²) in [6.07, 6.45) is 0. The maximum atomic E-state index is 12.8. The van der Waals surface area contributed by atoms with Gasteiger partial charge in [0.25, 0.3) is 11.5 Å². The minimum Gasteiger partial charge on any atom is -0.493 e. The molecule has 7 heteroatoms. The predicted octanol–water partition coefficient (Wildman–Crippen LogP) is 2.21. The molecule has 1 amide bonds. The maximum Gasteiger partial charge on any atom is 0.274 e. The largest absolute Gasteiger partial charge is 0.493 e. The second-order valence-corrected chi connectivity index (χ2v) is 5.80. The van der Waals surface area contributed by atoms with Crippen LogP contribution in [0, 0.1) is 0 Å². The first-order chi connectivity index (χ1) is 12.5. The summed E-state index contributed by atoms with van der Waals surface area (Å²) >= 11 is 0. The highest BCUT2D eigenvalue weighted by atomic mass is 16.5. The first-order valence-corrected chi connectivity index (χ1v) is 7.99. The molecular formula is C19H19N3O4. The molecule has 2 aromatic carbocycles. The van der Waals surface area contributed by atoms with E-state index in [-0.39, 0.29) is 17.2 Å². The van der Waals surface area contributed by atoms with Gasteiger partial charge in [0.15, 0.2) is 17.2 Å². The average molecular weight is 353 g/mol. The smallest absolute Gasteiger partial charge is 0.274 e. The number of aromatic amines is 1. The summed E-state index contributed by atoms with van der Waals surface area (Å²) in [5, 5.41) is 7.31. The van der Waals surface area contributed by atoms with Gasteiger partial charge in [-0.25, -0.2) is 5.10 Å². The van der Waals surface area contributed by atoms with Crippen LogP contribution >= 0.6 is 0 Å². The monoisotopic (exact) mass is 353 g/mol. The number of carbonyl (C=O) groups is 1. The van der Waals surface area contributed by atoms with E-state index in [1.54, 1.807) is 51.6 Å². The van der Waals surface area contributed by atoms with Crippen LogP contribution in [0.4, 0.5) is 0 Å². The predicted molar refractivity (Wildman–Crippen MR) is 97.7 cm³/mol. The normalized spacial score (nSPS) is 10.6. The van der Waals surface area contributed by atoms with Crippen molar-refractivity contribution in [3.8, 4) is 11.5 Å². The summed E-state index contributed by atoms with van der Waals surface area (Å²) in [4.78, 5) is 26.2. The number of H-pyrrole nitrogens is 1. The maximum absolute atomic E-state index is 12.8. The van der Waals surface area contributed by atoms with E-state index in [1.165, 1.54) is 4.90 Å². The zero-order chi connectivity index (χ0) is 18.7. The molecule has 26 heavy (non-hydrogen) atoms. The fourth-order valence-corrected chi connectivity index (χ4v) is 2.78. The van der Waals surface area contributed by atoms with Gasteiger partial charge in [0.1, 0.15) is 0 Å². The van der Waals surface area contributed by atoms with E-state index in [4.69, 9.17) is 9.47 Å². The molecule has 1 N–H and O–H groups in total. The van der Waals surface area contributed by atoms with E-state index in [0.29, 0.717) is 28.8 Å². The molecule has 1 aromatic heterocycles. The number of benzene rings is 2. The lowest BCUT2D eigenvalue weighted by Gasteiger charge is -2.18. The second kappa shape index (κ2) is 7.26. The first-order valence-electron chi connectivity index (χ1n) is 7.99. The van der Waals surface area contributed by atoms with Gasteiger partial charge in [-0.15, -0.1) is 0 Å². The average Bonchev–Trinajstić information content (AvgIpc) is 2.67. The summed E-state index contributed by atoms with van der Waals surface area (Å²) in [6.45, 7) is 0.355. The number of fused-ring (bicyclic) bond motifs is 1. The topological polar surface area (TPSA) is 84.5 Å². The number of nitrogens with zero attached hydrogens (tertiary/aromatic N) is 2. The van der Waals surface area contributed by atoms with Gasteiger partial charge in [-0.05, 0) is 23.8 Å². The molecule has 7 nitrogen and oxygen atoms in total. The summed E-state index contributed by atoms with van der Waals surface area (Å²) < 4.78 is 10.5. The third kappa shape index (κ3) is 3.23. The van der Waals surface area contributed by atoms with Gasteiger partial charge in [-0.2, -0.15) is 5.10 Å². The van der Waals surface area contributed by atoms with Crippen LogP contribution in [0.25, 0.3) is 10.8 Å². The van der Waals surface area contributed by atoms with Gasteiger partial charge in [-0.1, -0.05) is 24.3 Å². The molecule has 0 unspecified atom stereocenters. The Balaban J connectivity index is 1.89. The summed E-state index contributed by atoms with van der Waals surface area (Å²) in [6, 6.07) is 12.4. The highest BCUT2D eigenvalue weighted by Gasteiger charge is 2.18. The number of hydrogen-bond acceptors (Lipinski definition) is 5. The van der Waals surface area contributed by atoms with Crippen LogP contribution in [-0.4, -0.2) is 42.3 Å². The lowest BCUT2D eigenvalue weighted by Crippen LogP contribution is -2.28. The zero-order valence-electron chi connectivity index (χ0n) is 14.8. The second-order valence-electron chi connectivity index (χ2n) is 5.80. The Kier molecular flexibility index (Phi) is 4.88. The molecule has 0 aliphatic heterocycles. The fraction of sp³-hybridized carbons (Fsp3) is 0.211. The Bertz CT molecular complexity index is 1010. The van der Waals surface area contributed by atoms with E-state index in [2.05, 4.69) is 10.2 Å². The Hall–Kier alpha value is -3.35. The number of amides is 1. The van der Waals surface area contributed by atoms with Gasteiger partial charge in [0.05, 0.1) is 19.6 Å². The molecule has 3 rings (SSSR count). The van der Waals surface area contributed by atoms with E-state index in [1.807, 2.05) is 12.1 Å². The molecule has 0 atom stereocenters. The number of methoxy groups -OCH3 is 2. The van der Waals surface area contributed by atoms with E-state index in [0.717, 1.165) is 5.56 Å². The Morgan fingerprint density at radius 1 is 1.08 bits per heavy atom. The molecule has 0 aliphatic carbocycles. The summed E-state index contributed by atoms with van der Waals surface area (Å²) in [5.41, 5.74) is 0.773. The minimum atomic E-state index is -0.320. The Labute approximate surface area is 150 Å². The van der Waals surface area contributed by atoms with E-state index < -0.39 is 0 Å². The number of aromatic nitrogens is 2. The number of carbonyl (C=O) groups excluding carboxylic acids is 1. The van der Waals surface area contributed by atoms with Crippen molar-refractivity contribution in [1.82, 2.24) is 15.1 Å². The molecule has 3 aromatic rings. The van der Waals surface area contributed by atoms with Gasteiger partial charge >= 0.3 is 0 Å². The van der Waals surface area contributed by atoms with Crippen molar-refractivity contribution in [3.05, 3.63) is 64.1 Å². The summed E-state index contributed by atoms with van der Waals surface area (Å²) in [7, 11) is 4.81. The van der Waals surface area contributed by atoms with E-state index >= 15 is 0 Å². The summed E-state index contributed by atoms with van der Waals surface area (Å²) in [5.74, 6) is 0.934. The molecule has 0 saturated carbocycles. The molecule has 0 spiro atoms. The number of ether oxygens (including phenoxy) is 2. The van der Waals surface area contributed by atoms with Gasteiger partial charge in [0.2, 0.25) is 0 Å².